The third-order valence-electron chi connectivity index (χ3n) is 4.20. The molecule has 1 N–H and O–H groups in total. The Hall–Kier alpha value is -2.58. The first-order valence-electron chi connectivity index (χ1n) is 9.25. The summed E-state index contributed by atoms with van der Waals surface area (Å²) in [6, 6.07) is 11.9. The summed E-state index contributed by atoms with van der Waals surface area (Å²) in [5.74, 6) is 1.05. The van der Waals surface area contributed by atoms with E-state index >= 15 is 0 Å². The third-order valence-corrected chi connectivity index (χ3v) is 5.86. The number of nitrogens with one attached hydrogen (secondary N) is 1. The molecule has 1 amide bonds. The van der Waals surface area contributed by atoms with Gasteiger partial charge in [0, 0.05) is 19.6 Å². The van der Waals surface area contributed by atoms with Gasteiger partial charge in [0.1, 0.15) is 11.5 Å². The molecule has 2 rings (SSSR count). The molecule has 2 aromatic carbocycles. The summed E-state index contributed by atoms with van der Waals surface area (Å²) in [5.41, 5.74) is 1.62. The maximum absolute atomic E-state index is 12.4. The van der Waals surface area contributed by atoms with Crippen molar-refractivity contribution in [3.63, 3.8) is 0 Å². The highest BCUT2D eigenvalue weighted by molar-refractivity contribution is 7.89. The number of benzene rings is 2. The lowest BCUT2D eigenvalue weighted by molar-refractivity contribution is -0.132. The SMILES string of the molecule is COc1ccc(CN(C)C(=O)COc2ccc(S(=O)(=O)NC(C)C)cc2C)cc1. The normalized spacial score (nSPS) is 11.4. The maximum atomic E-state index is 12.4. The number of methoxy groups -OCH3 is 1. The molecule has 0 spiro atoms. The van der Waals surface area contributed by atoms with Crippen molar-refractivity contribution in [2.75, 3.05) is 20.8 Å². The highest BCUT2D eigenvalue weighted by Gasteiger charge is 2.17. The second kappa shape index (κ2) is 9.76. The van der Waals surface area contributed by atoms with Crippen molar-refractivity contribution in [1.29, 1.82) is 0 Å². The van der Waals surface area contributed by atoms with Crippen LogP contribution in [0.15, 0.2) is 47.4 Å². The van der Waals surface area contributed by atoms with Crippen LogP contribution in [0.4, 0.5) is 0 Å². The minimum Gasteiger partial charge on any atom is -0.497 e. The number of aryl methyl sites for hydroxylation is 1. The first-order valence-corrected chi connectivity index (χ1v) is 10.7. The number of likely N-dealkylation sites (N-methyl/N-ethyl adjacent to an activating group) is 1. The van der Waals surface area contributed by atoms with Crippen LogP contribution in [-0.4, -0.2) is 46.0 Å². The number of rotatable bonds is 9. The van der Waals surface area contributed by atoms with Crippen molar-refractivity contribution in [1.82, 2.24) is 9.62 Å². The first-order chi connectivity index (χ1) is 13.6. The van der Waals surface area contributed by atoms with Gasteiger partial charge in [-0.3, -0.25) is 4.79 Å². The second-order valence-electron chi connectivity index (χ2n) is 7.09. The van der Waals surface area contributed by atoms with E-state index in [2.05, 4.69) is 4.72 Å². The van der Waals surface area contributed by atoms with Gasteiger partial charge in [0.15, 0.2) is 6.61 Å². The summed E-state index contributed by atoms with van der Waals surface area (Å²) in [4.78, 5) is 14.1. The predicted molar refractivity (Wildman–Crippen MR) is 112 cm³/mol. The van der Waals surface area contributed by atoms with Gasteiger partial charge in [-0.1, -0.05) is 12.1 Å². The number of carbonyl (C=O) groups is 1. The minimum atomic E-state index is -3.57. The Balaban J connectivity index is 1.96. The van der Waals surface area contributed by atoms with E-state index in [1.165, 1.54) is 12.1 Å². The van der Waals surface area contributed by atoms with E-state index in [-0.39, 0.29) is 23.5 Å². The van der Waals surface area contributed by atoms with Gasteiger partial charge in [0.05, 0.1) is 12.0 Å². The Kier molecular flexibility index (Phi) is 7.64. The average Bonchev–Trinajstić information content (AvgIpc) is 2.66. The van der Waals surface area contributed by atoms with Crippen LogP contribution in [0.3, 0.4) is 0 Å². The monoisotopic (exact) mass is 420 g/mol. The van der Waals surface area contributed by atoms with Crippen molar-refractivity contribution >= 4 is 15.9 Å². The van der Waals surface area contributed by atoms with Gasteiger partial charge in [-0.2, -0.15) is 0 Å². The lowest BCUT2D eigenvalue weighted by Crippen LogP contribution is -2.31. The Morgan fingerprint density at radius 1 is 1.14 bits per heavy atom. The van der Waals surface area contributed by atoms with E-state index in [0.29, 0.717) is 17.9 Å². The quantitative estimate of drug-likeness (QED) is 0.674. The fraction of sp³-hybridized carbons (Fsp3) is 0.381. The van der Waals surface area contributed by atoms with Gasteiger partial charge in [-0.05, 0) is 62.2 Å². The van der Waals surface area contributed by atoms with Gasteiger partial charge < -0.3 is 14.4 Å². The van der Waals surface area contributed by atoms with Crippen molar-refractivity contribution in [3.05, 3.63) is 53.6 Å². The molecule has 0 atom stereocenters. The number of ether oxygens (including phenoxy) is 2. The molecule has 2 aromatic rings. The molecule has 7 nitrogen and oxygen atoms in total. The Labute approximate surface area is 172 Å². The van der Waals surface area contributed by atoms with Gasteiger partial charge in [-0.15, -0.1) is 0 Å². The molecule has 0 saturated heterocycles. The van der Waals surface area contributed by atoms with E-state index < -0.39 is 10.0 Å². The predicted octanol–water partition coefficient (Wildman–Crippen LogP) is 2.73. The Morgan fingerprint density at radius 3 is 2.34 bits per heavy atom. The summed E-state index contributed by atoms with van der Waals surface area (Å²) in [6.07, 6.45) is 0. The van der Waals surface area contributed by atoms with Crippen molar-refractivity contribution < 1.29 is 22.7 Å². The highest BCUT2D eigenvalue weighted by Crippen LogP contribution is 2.22. The topological polar surface area (TPSA) is 84.9 Å². The van der Waals surface area contributed by atoms with E-state index in [1.807, 2.05) is 24.3 Å². The molecule has 0 radical (unpaired) electrons. The Morgan fingerprint density at radius 2 is 1.79 bits per heavy atom. The maximum Gasteiger partial charge on any atom is 0.260 e. The fourth-order valence-electron chi connectivity index (χ4n) is 2.67. The summed E-state index contributed by atoms with van der Waals surface area (Å²) < 4.78 is 37.8. The molecule has 158 valence electrons. The van der Waals surface area contributed by atoms with E-state index in [1.54, 1.807) is 45.9 Å². The number of nitrogens with zero attached hydrogens (tertiary/aromatic N) is 1. The van der Waals surface area contributed by atoms with E-state index in [0.717, 1.165) is 11.3 Å². The standard InChI is InChI=1S/C21H28N2O5S/c1-15(2)22-29(25,26)19-10-11-20(16(3)12-19)28-14-21(24)23(4)13-17-6-8-18(27-5)9-7-17/h6-12,15,22H,13-14H2,1-5H3. The van der Waals surface area contributed by atoms with Crippen molar-refractivity contribution in [2.45, 2.75) is 38.3 Å². The summed E-state index contributed by atoms with van der Waals surface area (Å²) in [7, 11) is -0.264. The number of hydrogen-bond acceptors (Lipinski definition) is 5. The molecule has 0 aromatic heterocycles. The number of carbonyl (C=O) groups excluding carboxylic acids is 1. The largest absolute Gasteiger partial charge is 0.497 e. The van der Waals surface area contributed by atoms with Gasteiger partial charge in [-0.25, -0.2) is 13.1 Å². The smallest absolute Gasteiger partial charge is 0.260 e. The third kappa shape index (κ3) is 6.47. The number of amides is 1. The molecule has 0 unspecified atom stereocenters. The molecule has 0 aliphatic heterocycles. The summed E-state index contributed by atoms with van der Waals surface area (Å²) in [6.45, 7) is 5.58. The molecule has 8 heteroatoms. The zero-order valence-corrected chi connectivity index (χ0v) is 18.2. The van der Waals surface area contributed by atoms with Gasteiger partial charge >= 0.3 is 0 Å². The lowest BCUT2D eigenvalue weighted by atomic mass is 10.2. The molecule has 0 saturated carbocycles. The van der Waals surface area contributed by atoms with Crippen molar-refractivity contribution in [2.24, 2.45) is 0 Å². The Bertz CT molecular complexity index is 940. The van der Waals surface area contributed by atoms with Crippen LogP contribution in [-0.2, 0) is 21.4 Å². The van der Waals surface area contributed by atoms with Crippen LogP contribution < -0.4 is 14.2 Å². The van der Waals surface area contributed by atoms with Crippen LogP contribution in [0.2, 0.25) is 0 Å². The summed E-state index contributed by atoms with van der Waals surface area (Å²) in [5, 5.41) is 0. The molecule has 29 heavy (non-hydrogen) atoms. The van der Waals surface area contributed by atoms with Crippen molar-refractivity contribution in [3.8, 4) is 11.5 Å². The second-order valence-corrected chi connectivity index (χ2v) is 8.80. The minimum absolute atomic E-state index is 0.135. The fourth-order valence-corrected chi connectivity index (χ4v) is 4.01. The molecule has 0 heterocycles. The van der Waals surface area contributed by atoms with Gasteiger partial charge in [0.2, 0.25) is 10.0 Å². The zero-order valence-electron chi connectivity index (χ0n) is 17.4. The highest BCUT2D eigenvalue weighted by atomic mass is 32.2. The van der Waals surface area contributed by atoms with Crippen LogP contribution in [0.5, 0.6) is 11.5 Å². The number of sulfonamides is 1. The number of hydrogen-bond donors (Lipinski definition) is 1. The summed E-state index contributed by atoms with van der Waals surface area (Å²) >= 11 is 0. The van der Waals surface area contributed by atoms with Crippen LogP contribution in [0, 0.1) is 6.92 Å². The molecular formula is C21H28N2O5S. The zero-order chi connectivity index (χ0) is 21.6. The molecule has 0 fully saturated rings. The molecule has 0 bridgehead atoms. The van der Waals surface area contributed by atoms with E-state index in [9.17, 15) is 13.2 Å². The molecule has 0 aliphatic rings. The van der Waals surface area contributed by atoms with Crippen LogP contribution in [0.1, 0.15) is 25.0 Å². The lowest BCUT2D eigenvalue weighted by Gasteiger charge is -2.18. The van der Waals surface area contributed by atoms with E-state index in [4.69, 9.17) is 9.47 Å². The van der Waals surface area contributed by atoms with Crippen LogP contribution in [0.25, 0.3) is 0 Å². The van der Waals surface area contributed by atoms with Gasteiger partial charge in [0.25, 0.3) is 5.91 Å². The molecular weight excluding hydrogens is 392 g/mol. The average molecular weight is 421 g/mol. The first kappa shape index (κ1) is 22.7. The molecule has 0 aliphatic carbocycles. The van der Waals surface area contributed by atoms with Crippen LogP contribution >= 0.6 is 0 Å².